The summed E-state index contributed by atoms with van der Waals surface area (Å²) in [4.78, 5) is 38.1. The van der Waals surface area contributed by atoms with Crippen LogP contribution in [-0.2, 0) is 11.3 Å². The summed E-state index contributed by atoms with van der Waals surface area (Å²) in [5.41, 5.74) is 2.31. The Kier molecular flexibility index (Phi) is 5.74. The van der Waals surface area contributed by atoms with E-state index in [0.29, 0.717) is 22.0 Å². The zero-order valence-corrected chi connectivity index (χ0v) is 18.3. The molecule has 0 spiro atoms. The van der Waals surface area contributed by atoms with E-state index in [-0.39, 0.29) is 23.5 Å². The van der Waals surface area contributed by atoms with Gasteiger partial charge in [-0.3, -0.25) is 19.3 Å². The molecule has 7 heteroatoms. The van der Waals surface area contributed by atoms with Crippen LogP contribution >= 0.6 is 27.7 Å². The van der Waals surface area contributed by atoms with E-state index < -0.39 is 0 Å². The highest BCUT2D eigenvalue weighted by molar-refractivity contribution is 9.10. The number of benzene rings is 2. The van der Waals surface area contributed by atoms with E-state index in [0.717, 1.165) is 27.4 Å². The predicted molar refractivity (Wildman–Crippen MR) is 120 cm³/mol. The maximum atomic E-state index is 12.7. The van der Waals surface area contributed by atoms with E-state index in [1.165, 1.54) is 11.8 Å². The first kappa shape index (κ1) is 20.4. The molecule has 1 aliphatic rings. The predicted octanol–water partition coefficient (Wildman–Crippen LogP) is 6.15. The minimum absolute atomic E-state index is 0.0000541. The van der Waals surface area contributed by atoms with Crippen molar-refractivity contribution in [2.24, 2.45) is 0 Å². The molecule has 1 fully saturated rings. The molecule has 0 N–H and O–H groups in total. The third-order valence-corrected chi connectivity index (χ3v) is 6.32. The molecule has 150 valence electrons. The number of hydrogen-bond acceptors (Lipinski definition) is 5. The lowest BCUT2D eigenvalue weighted by Crippen LogP contribution is -2.27. The number of imide groups is 1. The summed E-state index contributed by atoms with van der Waals surface area (Å²) in [6.07, 6.45) is 1.58. The van der Waals surface area contributed by atoms with Crippen LogP contribution in [0.1, 0.15) is 28.6 Å². The molecule has 3 aromatic rings. The van der Waals surface area contributed by atoms with E-state index in [4.69, 9.17) is 4.42 Å². The van der Waals surface area contributed by atoms with Crippen LogP contribution in [0.15, 0.2) is 74.5 Å². The molecule has 30 heavy (non-hydrogen) atoms. The fourth-order valence-corrected chi connectivity index (χ4v) is 4.25. The van der Waals surface area contributed by atoms with E-state index >= 15 is 0 Å². The van der Waals surface area contributed by atoms with E-state index in [2.05, 4.69) is 15.9 Å². The van der Waals surface area contributed by atoms with Crippen LogP contribution in [0, 0.1) is 0 Å². The lowest BCUT2D eigenvalue weighted by molar-refractivity contribution is -0.123. The summed E-state index contributed by atoms with van der Waals surface area (Å²) < 4.78 is 6.67. The molecule has 0 atom stereocenters. The van der Waals surface area contributed by atoms with Crippen molar-refractivity contribution in [1.29, 1.82) is 0 Å². The number of carbonyl (C=O) groups is 3. The van der Waals surface area contributed by atoms with Gasteiger partial charge in [0.2, 0.25) is 0 Å². The molecule has 1 aliphatic heterocycles. The van der Waals surface area contributed by atoms with Gasteiger partial charge in [0.15, 0.2) is 5.78 Å². The first-order chi connectivity index (χ1) is 14.4. The molecule has 4 rings (SSSR count). The first-order valence-corrected chi connectivity index (χ1v) is 10.7. The number of rotatable bonds is 5. The van der Waals surface area contributed by atoms with Crippen molar-refractivity contribution in [3.8, 4) is 11.3 Å². The van der Waals surface area contributed by atoms with Gasteiger partial charge in [0.25, 0.3) is 11.1 Å². The Morgan fingerprint density at radius 3 is 2.50 bits per heavy atom. The van der Waals surface area contributed by atoms with Crippen LogP contribution in [0.4, 0.5) is 4.79 Å². The number of Topliss-reactive ketones (excluding diaryl/α,β-unsaturated/α-hetero) is 1. The molecule has 0 radical (unpaired) electrons. The van der Waals surface area contributed by atoms with Gasteiger partial charge in [0.1, 0.15) is 11.5 Å². The van der Waals surface area contributed by atoms with Gasteiger partial charge >= 0.3 is 0 Å². The summed E-state index contributed by atoms with van der Waals surface area (Å²) in [5.74, 6) is 0.750. The zero-order valence-electron chi connectivity index (χ0n) is 15.9. The number of furan rings is 1. The second kappa shape index (κ2) is 8.45. The van der Waals surface area contributed by atoms with Crippen molar-refractivity contribution in [3.05, 3.63) is 86.9 Å². The maximum Gasteiger partial charge on any atom is 0.293 e. The average molecular weight is 482 g/mol. The van der Waals surface area contributed by atoms with Gasteiger partial charge in [-0.15, -0.1) is 0 Å². The summed E-state index contributed by atoms with van der Waals surface area (Å²) in [5, 5.41) is -0.311. The number of nitrogens with zero attached hydrogens (tertiary/aromatic N) is 1. The van der Waals surface area contributed by atoms with Crippen LogP contribution in [0.5, 0.6) is 0 Å². The monoisotopic (exact) mass is 481 g/mol. The largest absolute Gasteiger partial charge is 0.457 e. The average Bonchev–Trinajstić information content (AvgIpc) is 3.30. The standard InChI is InChI=1S/C23H16BrNO4S/c1-14(26)15-6-8-16(9-7-15)20-11-10-18(29-20)12-21-22(27)25(23(28)30-21)13-17-4-2-3-5-19(17)24/h2-12H,13H2,1H3/b21-12+. The fraction of sp³-hybridized carbons (Fsp3) is 0.0870. The van der Waals surface area contributed by atoms with Gasteiger partial charge in [0.05, 0.1) is 11.4 Å². The highest BCUT2D eigenvalue weighted by atomic mass is 79.9. The number of ketones is 1. The Labute approximate surface area is 185 Å². The van der Waals surface area contributed by atoms with Crippen molar-refractivity contribution < 1.29 is 18.8 Å². The number of carbonyl (C=O) groups excluding carboxylic acids is 3. The number of hydrogen-bond donors (Lipinski definition) is 0. The number of thioether (sulfide) groups is 1. The minimum atomic E-state index is -0.343. The zero-order chi connectivity index (χ0) is 21.3. The Morgan fingerprint density at radius 1 is 1.07 bits per heavy atom. The molecule has 2 aromatic carbocycles. The highest BCUT2D eigenvalue weighted by Gasteiger charge is 2.35. The van der Waals surface area contributed by atoms with Crippen LogP contribution in [0.3, 0.4) is 0 Å². The van der Waals surface area contributed by atoms with Gasteiger partial charge in [-0.1, -0.05) is 58.4 Å². The quantitative estimate of drug-likeness (QED) is 0.323. The summed E-state index contributed by atoms with van der Waals surface area (Å²) in [7, 11) is 0. The molecule has 0 bridgehead atoms. The third-order valence-electron chi connectivity index (χ3n) is 4.64. The first-order valence-electron chi connectivity index (χ1n) is 9.12. The normalized spacial score (nSPS) is 15.3. The van der Waals surface area contributed by atoms with Crippen molar-refractivity contribution in [3.63, 3.8) is 0 Å². The van der Waals surface area contributed by atoms with Crippen LogP contribution in [0.2, 0.25) is 0 Å². The van der Waals surface area contributed by atoms with Crippen LogP contribution in [0.25, 0.3) is 17.4 Å². The minimum Gasteiger partial charge on any atom is -0.457 e. The molecule has 5 nitrogen and oxygen atoms in total. The van der Waals surface area contributed by atoms with Gasteiger partial charge in [-0.25, -0.2) is 0 Å². The second-order valence-electron chi connectivity index (χ2n) is 6.69. The summed E-state index contributed by atoms with van der Waals surface area (Å²) >= 11 is 4.34. The number of halogens is 1. The smallest absolute Gasteiger partial charge is 0.293 e. The summed E-state index contributed by atoms with van der Waals surface area (Å²) in [6.45, 7) is 1.72. The molecule has 0 unspecified atom stereocenters. The van der Waals surface area contributed by atoms with Crippen molar-refractivity contribution >= 4 is 50.7 Å². The lowest BCUT2D eigenvalue weighted by atomic mass is 10.1. The van der Waals surface area contributed by atoms with Crippen LogP contribution < -0.4 is 0 Å². The Hall–Kier alpha value is -2.90. The molecular formula is C23H16BrNO4S. The number of amides is 2. The van der Waals surface area contributed by atoms with Crippen LogP contribution in [-0.4, -0.2) is 21.8 Å². The topological polar surface area (TPSA) is 67.6 Å². The molecule has 1 aromatic heterocycles. The lowest BCUT2D eigenvalue weighted by Gasteiger charge is -2.13. The highest BCUT2D eigenvalue weighted by Crippen LogP contribution is 2.35. The van der Waals surface area contributed by atoms with Gasteiger partial charge in [-0.05, 0) is 42.4 Å². The Balaban J connectivity index is 1.53. The Bertz CT molecular complexity index is 1180. The molecule has 1 saturated heterocycles. The molecule has 2 amide bonds. The van der Waals surface area contributed by atoms with E-state index in [1.54, 1.807) is 30.3 Å². The fourth-order valence-electron chi connectivity index (χ4n) is 3.02. The van der Waals surface area contributed by atoms with E-state index in [9.17, 15) is 14.4 Å². The van der Waals surface area contributed by atoms with E-state index in [1.807, 2.05) is 36.4 Å². The van der Waals surface area contributed by atoms with Crippen molar-refractivity contribution in [1.82, 2.24) is 4.90 Å². The Morgan fingerprint density at radius 2 is 1.80 bits per heavy atom. The third kappa shape index (κ3) is 4.17. The van der Waals surface area contributed by atoms with Gasteiger partial charge in [0, 0.05) is 21.7 Å². The second-order valence-corrected chi connectivity index (χ2v) is 8.54. The molecular weight excluding hydrogens is 466 g/mol. The van der Waals surface area contributed by atoms with Gasteiger partial charge in [-0.2, -0.15) is 0 Å². The molecule has 2 heterocycles. The maximum absolute atomic E-state index is 12.7. The SMILES string of the molecule is CC(=O)c1ccc(-c2ccc(/C=C3/SC(=O)N(Cc4ccccc4Br)C3=O)o2)cc1. The van der Waals surface area contributed by atoms with Crippen molar-refractivity contribution in [2.45, 2.75) is 13.5 Å². The van der Waals surface area contributed by atoms with Crippen molar-refractivity contribution in [2.75, 3.05) is 0 Å². The molecule has 0 aliphatic carbocycles. The van der Waals surface area contributed by atoms with Gasteiger partial charge < -0.3 is 4.42 Å². The molecule has 0 saturated carbocycles. The summed E-state index contributed by atoms with van der Waals surface area (Å²) in [6, 6.07) is 18.1.